The molecule has 242 valence electrons. The van der Waals surface area contributed by atoms with E-state index in [9.17, 15) is 31.9 Å². The molecule has 2 aliphatic heterocycles. The number of aliphatic hydroxyl groups excluding tert-OH is 1. The van der Waals surface area contributed by atoms with E-state index in [4.69, 9.17) is 0 Å². The number of nitrogens with zero attached hydrogens (tertiary/aromatic N) is 2. The minimum Gasteiger partial charge on any atom is -0.411 e. The number of carbonyl (C=O) groups excluding carboxylic acids is 1. The van der Waals surface area contributed by atoms with E-state index in [1.165, 1.54) is 19.1 Å². The first kappa shape index (κ1) is 39.3. The summed E-state index contributed by atoms with van der Waals surface area (Å²) in [6.45, 7) is 14.6. The SMILES string of the molecule is CC.CCCF.CCNCC1(C/C=C(\C)OC(F)(F)F)CCN(CC(O)C2CCN(C(=O)/C(C)=C/CF)CC2)CC1. The zero-order valence-electron chi connectivity index (χ0n) is 26.0. The molecule has 1 unspecified atom stereocenters. The Bertz CT molecular complexity index is 759. The van der Waals surface area contributed by atoms with Crippen molar-refractivity contribution in [1.82, 2.24) is 15.1 Å². The monoisotopic (exact) mass is 599 g/mol. The molecule has 2 rings (SSSR count). The Morgan fingerprint density at radius 3 is 2.10 bits per heavy atom. The number of carbonyl (C=O) groups is 1. The zero-order valence-corrected chi connectivity index (χ0v) is 26.0. The predicted molar refractivity (Wildman–Crippen MR) is 155 cm³/mol. The van der Waals surface area contributed by atoms with Crippen molar-refractivity contribution in [2.24, 2.45) is 11.3 Å². The number of hydrogen-bond acceptors (Lipinski definition) is 5. The molecule has 0 aromatic carbocycles. The van der Waals surface area contributed by atoms with Crippen molar-refractivity contribution in [1.29, 1.82) is 0 Å². The maximum atomic E-state index is 12.5. The minimum atomic E-state index is -4.68. The minimum absolute atomic E-state index is 0.100. The highest BCUT2D eigenvalue weighted by atomic mass is 19.4. The molecule has 2 heterocycles. The summed E-state index contributed by atoms with van der Waals surface area (Å²) in [4.78, 5) is 16.3. The van der Waals surface area contributed by atoms with Crippen molar-refractivity contribution in [2.75, 3.05) is 59.2 Å². The maximum Gasteiger partial charge on any atom is 0.572 e. The van der Waals surface area contributed by atoms with Crippen LogP contribution in [-0.4, -0.2) is 92.4 Å². The summed E-state index contributed by atoms with van der Waals surface area (Å²) in [5.41, 5.74) is 0.264. The number of halogens is 5. The molecule has 1 atom stereocenters. The first-order valence-corrected chi connectivity index (χ1v) is 15.0. The molecule has 2 saturated heterocycles. The lowest BCUT2D eigenvalue weighted by atomic mass is 9.75. The average Bonchev–Trinajstić information content (AvgIpc) is 2.96. The van der Waals surface area contributed by atoms with Gasteiger partial charge in [0.15, 0.2) is 0 Å². The molecule has 0 spiro atoms. The summed E-state index contributed by atoms with van der Waals surface area (Å²) < 4.78 is 64.7. The van der Waals surface area contributed by atoms with Gasteiger partial charge in [0.05, 0.1) is 18.5 Å². The van der Waals surface area contributed by atoms with E-state index < -0.39 is 19.1 Å². The van der Waals surface area contributed by atoms with Crippen molar-refractivity contribution in [3.05, 3.63) is 23.5 Å². The van der Waals surface area contributed by atoms with Gasteiger partial charge in [0.1, 0.15) is 6.67 Å². The average molecular weight is 600 g/mol. The molecule has 2 fully saturated rings. The maximum absolute atomic E-state index is 12.5. The number of alkyl halides is 5. The second kappa shape index (κ2) is 21.0. The molecule has 6 nitrogen and oxygen atoms in total. The van der Waals surface area contributed by atoms with Crippen LogP contribution in [0, 0.1) is 11.3 Å². The number of piperidine rings is 2. The second-order valence-corrected chi connectivity index (χ2v) is 10.6. The Hall–Kier alpha value is -1.72. The smallest absolute Gasteiger partial charge is 0.411 e. The highest BCUT2D eigenvalue weighted by Gasteiger charge is 2.36. The quantitative estimate of drug-likeness (QED) is 0.154. The Morgan fingerprint density at radius 2 is 1.63 bits per heavy atom. The predicted octanol–water partition coefficient (Wildman–Crippen LogP) is 6.42. The van der Waals surface area contributed by atoms with Crippen LogP contribution >= 0.6 is 0 Å². The van der Waals surface area contributed by atoms with Gasteiger partial charge in [-0.25, -0.2) is 4.39 Å². The van der Waals surface area contributed by atoms with E-state index >= 15 is 0 Å². The molecule has 0 aromatic rings. The number of ether oxygens (including phenoxy) is 1. The van der Waals surface area contributed by atoms with Crippen LogP contribution in [0.1, 0.15) is 80.1 Å². The van der Waals surface area contributed by atoms with Crippen molar-refractivity contribution >= 4 is 5.91 Å². The van der Waals surface area contributed by atoms with E-state index in [1.807, 2.05) is 20.8 Å². The first-order chi connectivity index (χ1) is 19.4. The van der Waals surface area contributed by atoms with Crippen molar-refractivity contribution in [3.63, 3.8) is 0 Å². The fraction of sp³-hybridized carbons (Fsp3) is 0.833. The Labute approximate surface area is 244 Å². The van der Waals surface area contributed by atoms with E-state index in [0.717, 1.165) is 39.0 Å². The summed E-state index contributed by atoms with van der Waals surface area (Å²) in [5, 5.41) is 14.2. The number of allylic oxidation sites excluding steroid dienone is 3. The van der Waals surface area contributed by atoms with E-state index in [-0.39, 0.29) is 29.7 Å². The number of likely N-dealkylation sites (tertiary alicyclic amines) is 2. The molecule has 1 amide bonds. The first-order valence-electron chi connectivity index (χ1n) is 15.0. The normalized spacial score (nSPS) is 19.5. The Balaban J connectivity index is 0.00000244. The summed E-state index contributed by atoms with van der Waals surface area (Å²) in [7, 11) is 0. The summed E-state index contributed by atoms with van der Waals surface area (Å²) >= 11 is 0. The topological polar surface area (TPSA) is 65.0 Å². The Morgan fingerprint density at radius 1 is 1.07 bits per heavy atom. The number of aliphatic hydroxyl groups is 1. The number of nitrogens with one attached hydrogen (secondary N) is 1. The molecule has 0 radical (unpaired) electrons. The Kier molecular flexibility index (Phi) is 20.2. The van der Waals surface area contributed by atoms with Gasteiger partial charge in [-0.1, -0.05) is 27.7 Å². The van der Waals surface area contributed by atoms with Crippen LogP contribution in [0.25, 0.3) is 0 Å². The molecule has 2 N–H and O–H groups in total. The van der Waals surface area contributed by atoms with Crippen molar-refractivity contribution < 1.29 is 36.6 Å². The fourth-order valence-corrected chi connectivity index (χ4v) is 4.99. The van der Waals surface area contributed by atoms with Gasteiger partial charge in [0, 0.05) is 31.8 Å². The van der Waals surface area contributed by atoms with Crippen LogP contribution in [0.3, 0.4) is 0 Å². The number of amides is 1. The molecule has 0 saturated carbocycles. The molecule has 0 aliphatic carbocycles. The van der Waals surface area contributed by atoms with Gasteiger partial charge in [-0.3, -0.25) is 9.18 Å². The summed E-state index contributed by atoms with van der Waals surface area (Å²) in [6.07, 6.45) is 1.84. The summed E-state index contributed by atoms with van der Waals surface area (Å²) in [6, 6.07) is 0. The van der Waals surface area contributed by atoms with Gasteiger partial charge in [-0.05, 0) is 95.5 Å². The largest absolute Gasteiger partial charge is 0.572 e. The van der Waals surface area contributed by atoms with E-state index in [1.54, 1.807) is 18.7 Å². The van der Waals surface area contributed by atoms with Crippen molar-refractivity contribution in [2.45, 2.75) is 92.5 Å². The lowest BCUT2D eigenvalue weighted by Crippen LogP contribution is -2.49. The fourth-order valence-electron chi connectivity index (χ4n) is 4.99. The van der Waals surface area contributed by atoms with Crippen LogP contribution in [0.4, 0.5) is 22.0 Å². The van der Waals surface area contributed by atoms with Crippen LogP contribution in [0.2, 0.25) is 0 Å². The molecule has 0 bridgehead atoms. The molecule has 41 heavy (non-hydrogen) atoms. The molecule has 0 aromatic heterocycles. The van der Waals surface area contributed by atoms with Crippen LogP contribution in [-0.2, 0) is 9.53 Å². The van der Waals surface area contributed by atoms with Gasteiger partial charge >= 0.3 is 6.36 Å². The molecular weight excluding hydrogens is 545 g/mol. The van der Waals surface area contributed by atoms with Crippen LogP contribution < -0.4 is 5.32 Å². The van der Waals surface area contributed by atoms with Gasteiger partial charge in [-0.15, -0.1) is 13.2 Å². The third-order valence-electron chi connectivity index (χ3n) is 7.49. The third kappa shape index (κ3) is 15.9. The lowest BCUT2D eigenvalue weighted by molar-refractivity contribution is -0.305. The van der Waals surface area contributed by atoms with Crippen LogP contribution in [0.5, 0.6) is 0 Å². The van der Waals surface area contributed by atoms with Gasteiger partial charge in [-0.2, -0.15) is 0 Å². The standard InChI is InChI=1S/C25H41F4N3O3.C3H7F.C2H6/c1-4-30-18-24(9-5-20(3)35-25(27,28)29)10-15-31(16-11-24)17-22(33)21-7-13-32(14-8-21)23(34)19(2)6-12-26;1-2-3-4;1-2/h5-6,21-22,30,33H,4,7-18H2,1-3H3;2-3H2,1H3;1-2H3/b19-6+,20-5+;;. The highest BCUT2D eigenvalue weighted by Crippen LogP contribution is 2.36. The third-order valence-corrected chi connectivity index (χ3v) is 7.49. The number of rotatable bonds is 12. The van der Waals surface area contributed by atoms with Gasteiger partial charge in [0.25, 0.3) is 0 Å². The van der Waals surface area contributed by atoms with Crippen LogP contribution in [0.15, 0.2) is 23.5 Å². The van der Waals surface area contributed by atoms with Gasteiger partial charge in [0.2, 0.25) is 5.91 Å². The molecular formula is C30H54F5N3O3. The van der Waals surface area contributed by atoms with E-state index in [0.29, 0.717) is 50.9 Å². The summed E-state index contributed by atoms with van der Waals surface area (Å²) in [5.74, 6) is -0.178. The zero-order chi connectivity index (χ0) is 31.5. The number of β-amino-alcohol motifs (C(OH)–C–C–N with tert-alkyl or cyclic N) is 1. The second-order valence-electron chi connectivity index (χ2n) is 10.6. The molecule has 2 aliphatic rings. The number of hydrogen-bond donors (Lipinski definition) is 2. The van der Waals surface area contributed by atoms with E-state index in [2.05, 4.69) is 15.0 Å². The highest BCUT2D eigenvalue weighted by molar-refractivity contribution is 5.92. The molecule has 11 heteroatoms. The lowest BCUT2D eigenvalue weighted by Gasteiger charge is -2.43. The van der Waals surface area contributed by atoms with Gasteiger partial charge < -0.3 is 25.0 Å². The van der Waals surface area contributed by atoms with Crippen molar-refractivity contribution in [3.8, 4) is 0 Å².